The molecule has 0 aliphatic heterocycles. The van der Waals surface area contributed by atoms with Gasteiger partial charge in [0.25, 0.3) is 0 Å². The normalized spacial score (nSPS) is 25.2. The molecular formula is C12H25NO2. The monoisotopic (exact) mass is 215 g/mol. The van der Waals surface area contributed by atoms with E-state index in [1.165, 1.54) is 25.7 Å². The molecule has 1 saturated carbocycles. The number of unbranched alkanes of at least 4 members (excludes halogenated alkanes) is 3. The van der Waals surface area contributed by atoms with Gasteiger partial charge in [-0.2, -0.15) is 0 Å². The zero-order valence-electron chi connectivity index (χ0n) is 9.87. The molecule has 0 spiro atoms. The van der Waals surface area contributed by atoms with Crippen molar-refractivity contribution in [1.82, 2.24) is 5.32 Å². The lowest BCUT2D eigenvalue weighted by molar-refractivity contribution is -0.00976. The van der Waals surface area contributed by atoms with Crippen molar-refractivity contribution in [3.8, 4) is 0 Å². The van der Waals surface area contributed by atoms with Gasteiger partial charge in [-0.05, 0) is 39.2 Å². The predicted octanol–water partition coefficient (Wildman–Crippen LogP) is 1.70. The number of hydrogen-bond acceptors (Lipinski definition) is 3. The van der Waals surface area contributed by atoms with Crippen LogP contribution in [0.5, 0.6) is 0 Å². The van der Waals surface area contributed by atoms with Crippen LogP contribution < -0.4 is 5.32 Å². The van der Waals surface area contributed by atoms with E-state index in [-0.39, 0.29) is 0 Å². The summed E-state index contributed by atoms with van der Waals surface area (Å²) in [6.45, 7) is 4.36. The minimum Gasteiger partial charge on any atom is -0.396 e. The first-order valence-electron chi connectivity index (χ1n) is 6.32. The molecule has 0 bridgehead atoms. The van der Waals surface area contributed by atoms with Crippen molar-refractivity contribution in [2.45, 2.75) is 57.6 Å². The number of ether oxygens (including phenoxy) is 1. The third-order valence-corrected chi connectivity index (χ3v) is 3.02. The van der Waals surface area contributed by atoms with Gasteiger partial charge in [-0.3, -0.25) is 0 Å². The van der Waals surface area contributed by atoms with Crippen molar-refractivity contribution >= 4 is 0 Å². The maximum Gasteiger partial charge on any atom is 0.0604 e. The first kappa shape index (κ1) is 12.9. The molecular weight excluding hydrogens is 190 g/mol. The van der Waals surface area contributed by atoms with Crippen molar-refractivity contribution in [3.05, 3.63) is 0 Å². The summed E-state index contributed by atoms with van der Waals surface area (Å²) in [5, 5.41) is 12.2. The summed E-state index contributed by atoms with van der Waals surface area (Å²) in [5.41, 5.74) is 0. The van der Waals surface area contributed by atoms with Gasteiger partial charge >= 0.3 is 0 Å². The molecule has 3 nitrogen and oxygen atoms in total. The van der Waals surface area contributed by atoms with Crippen molar-refractivity contribution in [2.24, 2.45) is 0 Å². The molecule has 0 unspecified atom stereocenters. The van der Waals surface area contributed by atoms with Gasteiger partial charge in [-0.25, -0.2) is 0 Å². The van der Waals surface area contributed by atoms with Gasteiger partial charge in [-0.15, -0.1) is 0 Å². The number of nitrogens with one attached hydrogen (secondary N) is 1. The second-order valence-corrected chi connectivity index (χ2v) is 4.34. The van der Waals surface area contributed by atoms with Gasteiger partial charge in [0.05, 0.1) is 6.10 Å². The van der Waals surface area contributed by atoms with E-state index >= 15 is 0 Å². The van der Waals surface area contributed by atoms with Crippen molar-refractivity contribution < 1.29 is 9.84 Å². The average Bonchev–Trinajstić information content (AvgIpc) is 2.19. The zero-order chi connectivity index (χ0) is 10.9. The fourth-order valence-electron chi connectivity index (χ4n) is 2.00. The molecule has 1 aliphatic rings. The van der Waals surface area contributed by atoms with Crippen LogP contribution in [-0.4, -0.2) is 37.0 Å². The maximum atomic E-state index is 8.61. The van der Waals surface area contributed by atoms with E-state index in [4.69, 9.17) is 9.84 Å². The Bertz CT molecular complexity index is 147. The maximum absolute atomic E-state index is 8.61. The first-order chi connectivity index (χ1) is 7.36. The zero-order valence-corrected chi connectivity index (χ0v) is 9.87. The first-order valence-corrected chi connectivity index (χ1v) is 6.32. The molecule has 0 radical (unpaired) electrons. The highest BCUT2D eigenvalue weighted by Crippen LogP contribution is 2.23. The Kier molecular flexibility index (Phi) is 6.98. The van der Waals surface area contributed by atoms with Crippen LogP contribution in [0.25, 0.3) is 0 Å². The Morgan fingerprint density at radius 2 is 1.93 bits per heavy atom. The molecule has 2 N–H and O–H groups in total. The highest BCUT2D eigenvalue weighted by atomic mass is 16.5. The average molecular weight is 215 g/mol. The molecule has 1 rings (SSSR count). The van der Waals surface area contributed by atoms with Gasteiger partial charge in [0.15, 0.2) is 0 Å². The highest BCUT2D eigenvalue weighted by molar-refractivity contribution is 4.85. The highest BCUT2D eigenvalue weighted by Gasteiger charge is 2.28. The molecule has 3 heteroatoms. The molecule has 0 amide bonds. The minimum absolute atomic E-state index is 0.339. The van der Waals surface area contributed by atoms with Crippen molar-refractivity contribution in [3.63, 3.8) is 0 Å². The third kappa shape index (κ3) is 5.50. The summed E-state index contributed by atoms with van der Waals surface area (Å²) in [4.78, 5) is 0. The lowest BCUT2D eigenvalue weighted by atomic mass is 9.89. The fraction of sp³-hybridized carbons (Fsp3) is 1.00. The van der Waals surface area contributed by atoms with E-state index in [0.717, 1.165) is 26.0 Å². The van der Waals surface area contributed by atoms with Crippen molar-refractivity contribution in [1.29, 1.82) is 0 Å². The molecule has 0 saturated heterocycles. The molecule has 0 aromatic carbocycles. The van der Waals surface area contributed by atoms with Gasteiger partial charge in [0.2, 0.25) is 0 Å². The second-order valence-electron chi connectivity index (χ2n) is 4.34. The molecule has 90 valence electrons. The third-order valence-electron chi connectivity index (χ3n) is 3.02. The van der Waals surface area contributed by atoms with Gasteiger partial charge < -0.3 is 15.2 Å². The van der Waals surface area contributed by atoms with Crippen molar-refractivity contribution in [2.75, 3.05) is 19.8 Å². The van der Waals surface area contributed by atoms with Crippen LogP contribution >= 0.6 is 0 Å². The Hall–Kier alpha value is -0.120. The van der Waals surface area contributed by atoms with Gasteiger partial charge in [0, 0.05) is 19.3 Å². The van der Waals surface area contributed by atoms with Crippen LogP contribution in [0.4, 0.5) is 0 Å². The largest absolute Gasteiger partial charge is 0.396 e. The summed E-state index contributed by atoms with van der Waals surface area (Å²) in [6, 6.07) is 0.694. The quantitative estimate of drug-likeness (QED) is 0.575. The van der Waals surface area contributed by atoms with E-state index in [1.807, 2.05) is 0 Å². The van der Waals surface area contributed by atoms with Crippen LogP contribution in [0.3, 0.4) is 0 Å². The number of aliphatic hydroxyl groups excluding tert-OH is 1. The minimum atomic E-state index is 0.339. The molecule has 1 fully saturated rings. The smallest absolute Gasteiger partial charge is 0.0604 e. The predicted molar refractivity (Wildman–Crippen MR) is 62.0 cm³/mol. The molecule has 15 heavy (non-hydrogen) atoms. The lowest BCUT2D eigenvalue weighted by Crippen LogP contribution is -2.45. The molecule has 0 heterocycles. The molecule has 0 atom stereocenters. The van der Waals surface area contributed by atoms with Crippen LogP contribution in [-0.2, 0) is 4.74 Å². The number of rotatable bonds is 9. The Morgan fingerprint density at radius 1 is 1.20 bits per heavy atom. The van der Waals surface area contributed by atoms with Gasteiger partial charge in [0.1, 0.15) is 0 Å². The van der Waals surface area contributed by atoms with E-state index < -0.39 is 0 Å². The van der Waals surface area contributed by atoms with Gasteiger partial charge in [-0.1, -0.05) is 12.8 Å². The summed E-state index contributed by atoms with van der Waals surface area (Å²) < 4.78 is 5.50. The van der Waals surface area contributed by atoms with Crippen LogP contribution in [0, 0.1) is 0 Å². The molecule has 1 aliphatic carbocycles. The summed E-state index contributed by atoms with van der Waals surface area (Å²) in [5.74, 6) is 0. The lowest BCUT2D eigenvalue weighted by Gasteiger charge is -2.35. The molecule has 0 aromatic rings. The Balaban J connectivity index is 1.78. The van der Waals surface area contributed by atoms with E-state index in [1.54, 1.807) is 0 Å². The topological polar surface area (TPSA) is 41.5 Å². The Morgan fingerprint density at radius 3 is 2.60 bits per heavy atom. The summed E-state index contributed by atoms with van der Waals surface area (Å²) in [6.07, 6.45) is 7.46. The van der Waals surface area contributed by atoms with Crippen LogP contribution in [0.2, 0.25) is 0 Å². The van der Waals surface area contributed by atoms with E-state index in [2.05, 4.69) is 12.2 Å². The van der Waals surface area contributed by atoms with Crippen LogP contribution in [0.1, 0.15) is 45.4 Å². The SMILES string of the molecule is CCOC1CC(NCCCCCCO)C1. The summed E-state index contributed by atoms with van der Waals surface area (Å²) >= 11 is 0. The fourth-order valence-corrected chi connectivity index (χ4v) is 2.00. The van der Waals surface area contributed by atoms with E-state index in [9.17, 15) is 0 Å². The summed E-state index contributed by atoms with van der Waals surface area (Å²) in [7, 11) is 0. The number of aliphatic hydroxyl groups is 1. The Labute approximate surface area is 93.2 Å². The number of hydrogen-bond donors (Lipinski definition) is 2. The second kappa shape index (κ2) is 8.08. The van der Waals surface area contributed by atoms with Crippen LogP contribution in [0.15, 0.2) is 0 Å². The standard InChI is InChI=1S/C12H25NO2/c1-2-15-12-9-11(10-12)13-7-5-3-4-6-8-14/h11-14H,2-10H2,1H3. The van der Waals surface area contributed by atoms with E-state index in [0.29, 0.717) is 18.8 Å². The molecule has 0 aromatic heterocycles.